The predicted molar refractivity (Wildman–Crippen MR) is 66.0 cm³/mol. The molecule has 0 radical (unpaired) electrons. The molecule has 0 amide bonds. The van der Waals surface area contributed by atoms with Crippen molar-refractivity contribution >= 4 is 11.7 Å². The Morgan fingerprint density at radius 1 is 1.32 bits per heavy atom. The van der Waals surface area contributed by atoms with Crippen LogP contribution in [-0.4, -0.2) is 44.6 Å². The number of anilines is 1. The first-order valence-electron chi connectivity index (χ1n) is 5.58. The van der Waals surface area contributed by atoms with E-state index >= 15 is 0 Å². The maximum atomic E-state index is 13.5. The number of carboxylic acids is 1. The molecule has 6 nitrogen and oxygen atoms in total. The number of nitrogen functional groups attached to an aromatic ring is 1. The van der Waals surface area contributed by atoms with Gasteiger partial charge in [-0.2, -0.15) is 0 Å². The summed E-state index contributed by atoms with van der Waals surface area (Å²) in [5.41, 5.74) is 5.04. The van der Waals surface area contributed by atoms with Crippen LogP contribution in [0.15, 0.2) is 12.1 Å². The smallest absolute Gasteiger partial charge is 0.337 e. The first kappa shape index (κ1) is 15.2. The van der Waals surface area contributed by atoms with Gasteiger partial charge in [0.2, 0.25) is 0 Å². The molecule has 1 rings (SSSR count). The summed E-state index contributed by atoms with van der Waals surface area (Å²) in [4.78, 5) is 10.8. The highest BCUT2D eigenvalue weighted by Crippen LogP contribution is 2.24. The van der Waals surface area contributed by atoms with E-state index in [-0.39, 0.29) is 30.2 Å². The highest BCUT2D eigenvalue weighted by Gasteiger charge is 2.14. The van der Waals surface area contributed by atoms with Crippen molar-refractivity contribution in [2.75, 3.05) is 39.3 Å². The first-order chi connectivity index (χ1) is 9.06. The van der Waals surface area contributed by atoms with E-state index in [9.17, 15) is 9.18 Å². The lowest BCUT2D eigenvalue weighted by Crippen LogP contribution is -2.11. The van der Waals surface area contributed by atoms with Gasteiger partial charge in [0, 0.05) is 18.9 Å². The Morgan fingerprint density at radius 3 is 2.63 bits per heavy atom. The molecular formula is C12H16FNO5. The molecule has 0 saturated heterocycles. The zero-order chi connectivity index (χ0) is 14.3. The molecule has 0 unspecified atom stereocenters. The molecule has 0 aliphatic rings. The van der Waals surface area contributed by atoms with Gasteiger partial charge in [-0.25, -0.2) is 9.18 Å². The second-order valence-electron chi connectivity index (χ2n) is 3.63. The number of nitrogens with two attached hydrogens (primary N) is 1. The van der Waals surface area contributed by atoms with Crippen molar-refractivity contribution in [2.24, 2.45) is 0 Å². The minimum absolute atomic E-state index is 0.101. The summed E-state index contributed by atoms with van der Waals surface area (Å²) in [5, 5.41) is 8.85. The third-order valence-electron chi connectivity index (χ3n) is 2.25. The van der Waals surface area contributed by atoms with Gasteiger partial charge in [-0.05, 0) is 6.07 Å². The molecule has 1 aromatic carbocycles. The zero-order valence-electron chi connectivity index (χ0n) is 10.5. The number of hydrogen-bond acceptors (Lipinski definition) is 5. The van der Waals surface area contributed by atoms with E-state index in [1.807, 2.05) is 0 Å². The van der Waals surface area contributed by atoms with E-state index < -0.39 is 11.8 Å². The van der Waals surface area contributed by atoms with Crippen LogP contribution in [0.2, 0.25) is 0 Å². The second kappa shape index (κ2) is 7.55. The molecule has 0 atom stereocenters. The Kier molecular flexibility index (Phi) is 6.04. The predicted octanol–water partition coefficient (Wildman–Crippen LogP) is 1.15. The number of methoxy groups -OCH3 is 1. The molecule has 1 aromatic rings. The van der Waals surface area contributed by atoms with Gasteiger partial charge in [0.1, 0.15) is 6.61 Å². The molecule has 0 spiro atoms. The summed E-state index contributed by atoms with van der Waals surface area (Å²) in [5.74, 6) is -2.11. The van der Waals surface area contributed by atoms with Crippen molar-refractivity contribution < 1.29 is 28.5 Å². The molecular weight excluding hydrogens is 257 g/mol. The number of ether oxygens (including phenoxy) is 3. The molecule has 0 heterocycles. The monoisotopic (exact) mass is 273 g/mol. The summed E-state index contributed by atoms with van der Waals surface area (Å²) in [6.45, 7) is 1.21. The van der Waals surface area contributed by atoms with Crippen molar-refractivity contribution in [3.05, 3.63) is 23.5 Å². The molecule has 0 fully saturated rings. The van der Waals surface area contributed by atoms with Crippen molar-refractivity contribution in [1.82, 2.24) is 0 Å². The van der Waals surface area contributed by atoms with Gasteiger partial charge in [0.25, 0.3) is 0 Å². The Morgan fingerprint density at radius 2 is 2.00 bits per heavy atom. The van der Waals surface area contributed by atoms with Crippen LogP contribution in [0.3, 0.4) is 0 Å². The molecule has 0 bridgehead atoms. The van der Waals surface area contributed by atoms with Crippen LogP contribution in [0, 0.1) is 5.82 Å². The second-order valence-corrected chi connectivity index (χ2v) is 3.63. The van der Waals surface area contributed by atoms with Crippen LogP contribution in [-0.2, 0) is 9.47 Å². The molecule has 0 aliphatic heterocycles. The van der Waals surface area contributed by atoms with Gasteiger partial charge in [-0.3, -0.25) is 0 Å². The van der Waals surface area contributed by atoms with Gasteiger partial charge in [-0.1, -0.05) is 0 Å². The van der Waals surface area contributed by atoms with E-state index in [1.54, 1.807) is 7.11 Å². The van der Waals surface area contributed by atoms with Gasteiger partial charge >= 0.3 is 5.97 Å². The van der Waals surface area contributed by atoms with E-state index in [0.717, 1.165) is 12.1 Å². The minimum Gasteiger partial charge on any atom is -0.488 e. The van der Waals surface area contributed by atoms with Crippen molar-refractivity contribution in [3.8, 4) is 5.75 Å². The van der Waals surface area contributed by atoms with Crippen LogP contribution < -0.4 is 10.5 Å². The van der Waals surface area contributed by atoms with Gasteiger partial charge in [0.15, 0.2) is 11.6 Å². The molecule has 0 aliphatic carbocycles. The number of benzene rings is 1. The fourth-order valence-corrected chi connectivity index (χ4v) is 1.32. The van der Waals surface area contributed by atoms with Gasteiger partial charge in [0.05, 0.1) is 25.4 Å². The minimum atomic E-state index is -1.24. The van der Waals surface area contributed by atoms with E-state index in [2.05, 4.69) is 0 Å². The first-order valence-corrected chi connectivity index (χ1v) is 5.58. The Hall–Kier alpha value is -1.86. The van der Waals surface area contributed by atoms with E-state index in [0.29, 0.717) is 13.2 Å². The van der Waals surface area contributed by atoms with E-state index in [4.69, 9.17) is 25.1 Å². The number of aromatic carboxylic acids is 1. The van der Waals surface area contributed by atoms with Crippen LogP contribution in [0.5, 0.6) is 5.75 Å². The van der Waals surface area contributed by atoms with Crippen LogP contribution >= 0.6 is 0 Å². The van der Waals surface area contributed by atoms with Crippen molar-refractivity contribution in [2.45, 2.75) is 0 Å². The quantitative estimate of drug-likeness (QED) is 0.545. The molecule has 0 saturated carbocycles. The highest BCUT2D eigenvalue weighted by molar-refractivity contribution is 5.94. The van der Waals surface area contributed by atoms with Crippen LogP contribution in [0.1, 0.15) is 10.4 Å². The Bertz CT molecular complexity index is 438. The Balaban J connectivity index is 2.53. The topological polar surface area (TPSA) is 91.0 Å². The summed E-state index contributed by atoms with van der Waals surface area (Å²) in [6, 6.07) is 1.98. The average molecular weight is 273 g/mol. The molecule has 7 heteroatoms. The third kappa shape index (κ3) is 4.72. The largest absolute Gasteiger partial charge is 0.488 e. The molecule has 0 aromatic heterocycles. The SMILES string of the molecule is COCCOCCOc1cc(C(=O)O)c(N)cc1F. The fourth-order valence-electron chi connectivity index (χ4n) is 1.32. The third-order valence-corrected chi connectivity index (χ3v) is 2.25. The summed E-state index contributed by atoms with van der Waals surface area (Å²) < 4.78 is 28.5. The van der Waals surface area contributed by atoms with Gasteiger partial charge < -0.3 is 25.1 Å². The average Bonchev–Trinajstić information content (AvgIpc) is 2.35. The van der Waals surface area contributed by atoms with Crippen molar-refractivity contribution in [3.63, 3.8) is 0 Å². The lowest BCUT2D eigenvalue weighted by atomic mass is 10.1. The number of hydrogen-bond donors (Lipinski definition) is 2. The Labute approximate surface area is 109 Å². The molecule has 19 heavy (non-hydrogen) atoms. The number of rotatable bonds is 8. The van der Waals surface area contributed by atoms with Crippen LogP contribution in [0.25, 0.3) is 0 Å². The van der Waals surface area contributed by atoms with Crippen LogP contribution in [0.4, 0.5) is 10.1 Å². The van der Waals surface area contributed by atoms with E-state index in [1.165, 1.54) is 0 Å². The number of halogens is 1. The maximum Gasteiger partial charge on any atom is 0.337 e. The lowest BCUT2D eigenvalue weighted by Gasteiger charge is -2.10. The highest BCUT2D eigenvalue weighted by atomic mass is 19.1. The summed E-state index contributed by atoms with van der Waals surface area (Å²) in [6.07, 6.45) is 0. The summed E-state index contributed by atoms with van der Waals surface area (Å²) >= 11 is 0. The van der Waals surface area contributed by atoms with Crippen molar-refractivity contribution in [1.29, 1.82) is 0 Å². The lowest BCUT2D eigenvalue weighted by molar-refractivity contribution is 0.0537. The summed E-state index contributed by atoms with van der Waals surface area (Å²) in [7, 11) is 1.55. The van der Waals surface area contributed by atoms with Gasteiger partial charge in [-0.15, -0.1) is 0 Å². The standard InChI is InChI=1S/C12H16FNO5/c1-17-2-3-18-4-5-19-11-6-8(12(15)16)10(14)7-9(11)13/h6-7H,2-5,14H2,1H3,(H,15,16). The zero-order valence-corrected chi connectivity index (χ0v) is 10.5. The number of carboxylic acid groups (broad SMARTS) is 1. The molecule has 106 valence electrons. The normalized spacial score (nSPS) is 10.4. The number of carbonyl (C=O) groups is 1. The maximum absolute atomic E-state index is 13.5. The molecule has 3 N–H and O–H groups in total. The fraction of sp³-hybridized carbons (Fsp3) is 0.417.